The van der Waals surface area contributed by atoms with Crippen molar-refractivity contribution in [2.45, 2.75) is 83.2 Å². The quantitative estimate of drug-likeness (QED) is 0.354. The Labute approximate surface area is 197 Å². The van der Waals surface area contributed by atoms with Gasteiger partial charge in [-0.05, 0) is 51.3 Å². The summed E-state index contributed by atoms with van der Waals surface area (Å²) < 4.78 is 5.94. The van der Waals surface area contributed by atoms with E-state index in [0.29, 0.717) is 35.8 Å². The molecule has 0 bridgehead atoms. The van der Waals surface area contributed by atoms with Crippen molar-refractivity contribution in [1.82, 2.24) is 10.3 Å². The van der Waals surface area contributed by atoms with Gasteiger partial charge in [0, 0.05) is 48.8 Å². The summed E-state index contributed by atoms with van der Waals surface area (Å²) in [6.07, 6.45) is 7.74. The smallest absolute Gasteiger partial charge is 0.176 e. The van der Waals surface area contributed by atoms with E-state index in [0.717, 1.165) is 29.4 Å². The van der Waals surface area contributed by atoms with E-state index >= 15 is 0 Å². The fourth-order valence-corrected chi connectivity index (χ4v) is 5.17. The van der Waals surface area contributed by atoms with Crippen LogP contribution < -0.4 is 16.0 Å². The fraction of sp³-hybridized carbons (Fsp3) is 0.615. The van der Waals surface area contributed by atoms with E-state index in [-0.39, 0.29) is 6.10 Å². The summed E-state index contributed by atoms with van der Waals surface area (Å²) in [5.74, 6) is 1.04. The lowest BCUT2D eigenvalue weighted by Gasteiger charge is -2.41. The summed E-state index contributed by atoms with van der Waals surface area (Å²) in [5.41, 5.74) is 8.13. The first-order chi connectivity index (χ1) is 15.9. The normalized spacial score (nSPS) is 23.9. The molecule has 1 saturated heterocycles. The molecule has 0 amide bonds. The predicted octanol–water partition coefficient (Wildman–Crippen LogP) is 3.42. The topological polar surface area (TPSA) is 96.0 Å². The molecular formula is C26H37N5O2. The number of aliphatic hydroxyl groups is 1. The largest absolute Gasteiger partial charge is 0.388 e. The van der Waals surface area contributed by atoms with Crippen LogP contribution in [-0.4, -0.2) is 54.3 Å². The van der Waals surface area contributed by atoms with Crippen LogP contribution in [0.3, 0.4) is 0 Å². The van der Waals surface area contributed by atoms with Gasteiger partial charge in [-0.2, -0.15) is 0 Å². The Hall–Kier alpha value is -2.40. The standard InChI is InChI=1S/C26H37N5O2/c1-17-10-11-22-19(14-17)15-21(26(32)28-18(2)27)25(30-22)31-13-12-23(24(16-31)33-3)29-20-8-6-4-5-7-9-20/h14-15,20,23-24,26,29,32H,4-9,12-13,16H2,1-3H3,(H2,27,28). The van der Waals surface area contributed by atoms with Crippen LogP contribution in [0.4, 0.5) is 5.82 Å². The van der Waals surface area contributed by atoms with Crippen LogP contribution in [0.5, 0.6) is 0 Å². The maximum atomic E-state index is 10.9. The molecule has 1 aliphatic heterocycles. The Kier molecular flexibility index (Phi) is 7.69. The SMILES string of the molecule is COC1CN(c2nc3c#cc(C)cc3cc2C(O)/N=C(/C)N)CCC1NC1CCCCCC1. The van der Waals surface area contributed by atoms with Gasteiger partial charge in [-0.15, -0.1) is 0 Å². The molecule has 7 heteroatoms. The molecule has 7 nitrogen and oxygen atoms in total. The number of amidine groups is 1. The van der Waals surface area contributed by atoms with E-state index in [1.165, 1.54) is 38.5 Å². The van der Waals surface area contributed by atoms with E-state index < -0.39 is 6.23 Å². The maximum Gasteiger partial charge on any atom is 0.176 e. The van der Waals surface area contributed by atoms with Gasteiger partial charge in [-0.1, -0.05) is 31.7 Å². The summed E-state index contributed by atoms with van der Waals surface area (Å²) in [5, 5.41) is 15.7. The lowest BCUT2D eigenvalue weighted by molar-refractivity contribution is 0.0545. The van der Waals surface area contributed by atoms with Crippen molar-refractivity contribution in [1.29, 1.82) is 0 Å². The van der Waals surface area contributed by atoms with Gasteiger partial charge in [0.25, 0.3) is 0 Å². The lowest BCUT2D eigenvalue weighted by Crippen LogP contribution is -2.56. The first-order valence-corrected chi connectivity index (χ1v) is 12.2. The summed E-state index contributed by atoms with van der Waals surface area (Å²) >= 11 is 0. The summed E-state index contributed by atoms with van der Waals surface area (Å²) in [6, 6.07) is 11.1. The molecular weight excluding hydrogens is 414 g/mol. The van der Waals surface area contributed by atoms with E-state index in [9.17, 15) is 5.11 Å². The molecule has 2 fully saturated rings. The van der Waals surface area contributed by atoms with Gasteiger partial charge < -0.3 is 25.8 Å². The van der Waals surface area contributed by atoms with E-state index in [2.05, 4.69) is 27.3 Å². The van der Waals surface area contributed by atoms with Gasteiger partial charge in [-0.25, -0.2) is 9.98 Å². The number of aliphatic imine (C=N–C) groups is 1. The molecule has 2 aromatic rings. The van der Waals surface area contributed by atoms with Crippen LogP contribution >= 0.6 is 0 Å². The van der Waals surface area contributed by atoms with Gasteiger partial charge in [-0.3, -0.25) is 0 Å². The van der Waals surface area contributed by atoms with Crippen LogP contribution in [0.2, 0.25) is 0 Å². The number of aliphatic hydroxyl groups excluding tert-OH is 1. The highest BCUT2D eigenvalue weighted by molar-refractivity contribution is 5.82. The molecule has 1 aromatic heterocycles. The Morgan fingerprint density at radius 1 is 1.24 bits per heavy atom. The minimum Gasteiger partial charge on any atom is -0.388 e. The van der Waals surface area contributed by atoms with Gasteiger partial charge in [0.05, 0.1) is 11.9 Å². The highest BCUT2D eigenvalue weighted by Crippen LogP contribution is 2.32. The first-order valence-electron chi connectivity index (χ1n) is 12.2. The first kappa shape index (κ1) is 23.7. The predicted molar refractivity (Wildman–Crippen MR) is 132 cm³/mol. The molecule has 2 heterocycles. The van der Waals surface area contributed by atoms with Gasteiger partial charge in [0.15, 0.2) is 6.23 Å². The second-order valence-corrected chi connectivity index (χ2v) is 9.53. The number of aromatic nitrogens is 1. The maximum absolute atomic E-state index is 10.9. The van der Waals surface area contributed by atoms with Crippen molar-refractivity contribution in [3.8, 4) is 0 Å². The molecule has 3 atom stereocenters. The number of piperidine rings is 1. The third-order valence-electron chi connectivity index (χ3n) is 6.88. The summed E-state index contributed by atoms with van der Waals surface area (Å²) in [4.78, 5) is 11.3. The van der Waals surface area contributed by atoms with Crippen molar-refractivity contribution in [3.05, 3.63) is 35.4 Å². The Bertz CT molecular complexity index is 967. The Balaban J connectivity index is 1.59. The molecule has 4 rings (SSSR count). The van der Waals surface area contributed by atoms with Crippen LogP contribution in [0, 0.1) is 19.1 Å². The second kappa shape index (κ2) is 10.7. The number of nitrogens with two attached hydrogens (primary N) is 1. The zero-order valence-electron chi connectivity index (χ0n) is 20.1. The van der Waals surface area contributed by atoms with Crippen LogP contribution in [0.1, 0.15) is 69.2 Å². The van der Waals surface area contributed by atoms with E-state index in [1.807, 2.05) is 19.1 Å². The molecule has 1 aromatic carbocycles. The number of pyridine rings is 1. The number of methoxy groups -OCH3 is 1. The monoisotopic (exact) mass is 451 g/mol. The fourth-order valence-electron chi connectivity index (χ4n) is 5.17. The highest BCUT2D eigenvalue weighted by atomic mass is 16.5. The third kappa shape index (κ3) is 5.75. The molecule has 2 aliphatic rings. The number of hydrogen-bond donors (Lipinski definition) is 3. The summed E-state index contributed by atoms with van der Waals surface area (Å²) in [7, 11) is 1.78. The van der Waals surface area contributed by atoms with Crippen molar-refractivity contribution in [2.75, 3.05) is 25.1 Å². The van der Waals surface area contributed by atoms with Crippen molar-refractivity contribution < 1.29 is 9.84 Å². The van der Waals surface area contributed by atoms with Gasteiger partial charge in [0.2, 0.25) is 0 Å². The zero-order valence-corrected chi connectivity index (χ0v) is 20.1. The van der Waals surface area contributed by atoms with Crippen molar-refractivity contribution >= 4 is 22.6 Å². The number of fused-ring (bicyclic) bond motifs is 1. The van der Waals surface area contributed by atoms with Crippen molar-refractivity contribution in [2.24, 2.45) is 10.7 Å². The minimum absolute atomic E-state index is 0.0396. The number of ether oxygens (including phenoxy) is 1. The molecule has 178 valence electrons. The Morgan fingerprint density at radius 2 is 2.00 bits per heavy atom. The molecule has 33 heavy (non-hydrogen) atoms. The average molecular weight is 452 g/mol. The number of rotatable bonds is 6. The second-order valence-electron chi connectivity index (χ2n) is 9.53. The van der Waals surface area contributed by atoms with Gasteiger partial charge >= 0.3 is 0 Å². The van der Waals surface area contributed by atoms with Crippen LogP contribution in [0.15, 0.2) is 17.1 Å². The molecule has 1 saturated carbocycles. The minimum atomic E-state index is -1.07. The number of anilines is 1. The lowest BCUT2D eigenvalue weighted by atomic mass is 9.98. The number of aryl methyl sites for hydroxylation is 1. The Morgan fingerprint density at radius 3 is 2.70 bits per heavy atom. The number of hydrogen-bond acceptors (Lipinski definition) is 6. The van der Waals surface area contributed by atoms with Crippen LogP contribution in [0.25, 0.3) is 10.9 Å². The summed E-state index contributed by atoms with van der Waals surface area (Å²) in [6.45, 7) is 5.16. The third-order valence-corrected chi connectivity index (χ3v) is 6.88. The van der Waals surface area contributed by atoms with Gasteiger partial charge in [0.1, 0.15) is 11.3 Å². The molecule has 3 unspecified atom stereocenters. The van der Waals surface area contributed by atoms with Crippen molar-refractivity contribution in [3.63, 3.8) is 0 Å². The van der Waals surface area contributed by atoms with Crippen LogP contribution in [-0.2, 0) is 4.74 Å². The molecule has 4 N–H and O–H groups in total. The van der Waals surface area contributed by atoms with E-state index in [1.54, 1.807) is 14.0 Å². The molecule has 0 radical (unpaired) electrons. The number of nitrogens with zero attached hydrogens (tertiary/aromatic N) is 3. The number of nitrogens with one attached hydrogen (secondary N) is 1. The zero-order chi connectivity index (χ0) is 23.4. The average Bonchev–Trinajstić information content (AvgIpc) is 3.06. The molecule has 1 aliphatic carbocycles. The highest BCUT2D eigenvalue weighted by Gasteiger charge is 2.33. The molecule has 0 spiro atoms. The van der Waals surface area contributed by atoms with E-state index in [4.69, 9.17) is 15.5 Å².